The van der Waals surface area contributed by atoms with Crippen LogP contribution < -0.4 is 5.32 Å². The summed E-state index contributed by atoms with van der Waals surface area (Å²) in [6.07, 6.45) is 2.47. The fourth-order valence-corrected chi connectivity index (χ4v) is 2.22. The first kappa shape index (κ1) is 15.2. The van der Waals surface area contributed by atoms with Gasteiger partial charge < -0.3 is 10.3 Å². The highest BCUT2D eigenvalue weighted by Crippen LogP contribution is 2.24. The zero-order chi connectivity index (χ0) is 14.8. The Bertz CT molecular complexity index is 587. The second-order valence-corrected chi connectivity index (χ2v) is 6.71. The van der Waals surface area contributed by atoms with Gasteiger partial charge in [0.25, 0.3) is 0 Å². The molecule has 0 fully saturated rings. The van der Waals surface area contributed by atoms with Gasteiger partial charge in [0.15, 0.2) is 0 Å². The van der Waals surface area contributed by atoms with Crippen molar-refractivity contribution >= 4 is 15.9 Å². The van der Waals surface area contributed by atoms with Gasteiger partial charge in [-0.1, -0.05) is 15.9 Å². The van der Waals surface area contributed by atoms with Gasteiger partial charge in [-0.3, -0.25) is 0 Å². The molecule has 0 radical (unpaired) electrons. The minimum Gasteiger partial charge on any atom is -0.342 e. The summed E-state index contributed by atoms with van der Waals surface area (Å²) in [5.41, 5.74) is 1.34. The summed E-state index contributed by atoms with van der Waals surface area (Å²) >= 11 is 3.25. The Kier molecular flexibility index (Phi) is 4.60. The van der Waals surface area contributed by atoms with Crippen molar-refractivity contribution in [2.75, 3.05) is 6.54 Å². The van der Waals surface area contributed by atoms with E-state index in [0.717, 1.165) is 23.3 Å². The van der Waals surface area contributed by atoms with Crippen molar-refractivity contribution in [3.8, 4) is 11.3 Å². The van der Waals surface area contributed by atoms with E-state index in [4.69, 9.17) is 0 Å². The molecule has 1 heterocycles. The van der Waals surface area contributed by atoms with Crippen LogP contribution in [0.2, 0.25) is 0 Å². The first-order chi connectivity index (χ1) is 9.35. The molecule has 0 spiro atoms. The smallest absolute Gasteiger partial charge is 0.133 e. The minimum atomic E-state index is -0.262. The molecular formula is C15H19BrFN3. The fourth-order valence-electron chi connectivity index (χ4n) is 1.89. The summed E-state index contributed by atoms with van der Waals surface area (Å²) in [7, 11) is 0. The number of halogens is 2. The maximum absolute atomic E-state index is 13.9. The normalized spacial score (nSPS) is 11.8. The number of hydrogen-bond acceptors (Lipinski definition) is 2. The topological polar surface area (TPSA) is 40.7 Å². The van der Waals surface area contributed by atoms with Crippen LogP contribution in [0.5, 0.6) is 0 Å². The van der Waals surface area contributed by atoms with E-state index in [9.17, 15) is 4.39 Å². The van der Waals surface area contributed by atoms with Crippen LogP contribution in [0.15, 0.2) is 28.9 Å². The molecule has 2 rings (SSSR count). The lowest BCUT2D eigenvalue weighted by atomic mass is 10.1. The van der Waals surface area contributed by atoms with E-state index in [1.54, 1.807) is 12.3 Å². The molecule has 0 aliphatic heterocycles. The Morgan fingerprint density at radius 2 is 2.10 bits per heavy atom. The third-order valence-electron chi connectivity index (χ3n) is 2.87. The SMILES string of the molecule is CC(C)(C)NCCc1ncc(-c2ccc(Br)cc2F)[nH]1. The van der Waals surface area contributed by atoms with Gasteiger partial charge in [0.05, 0.1) is 11.9 Å². The van der Waals surface area contributed by atoms with Crippen LogP contribution in [0.1, 0.15) is 26.6 Å². The molecule has 5 heteroatoms. The van der Waals surface area contributed by atoms with Crippen LogP contribution in [0, 0.1) is 5.82 Å². The molecule has 1 aromatic carbocycles. The summed E-state index contributed by atoms with van der Waals surface area (Å²) < 4.78 is 14.6. The number of imidazole rings is 1. The Balaban J connectivity index is 2.05. The maximum Gasteiger partial charge on any atom is 0.133 e. The summed E-state index contributed by atoms with van der Waals surface area (Å²) in [4.78, 5) is 7.47. The van der Waals surface area contributed by atoms with Crippen LogP contribution in [-0.4, -0.2) is 22.1 Å². The lowest BCUT2D eigenvalue weighted by Crippen LogP contribution is -2.37. The first-order valence-electron chi connectivity index (χ1n) is 6.59. The van der Waals surface area contributed by atoms with Crippen molar-refractivity contribution < 1.29 is 4.39 Å². The summed E-state index contributed by atoms with van der Waals surface area (Å²) in [5, 5.41) is 3.40. The van der Waals surface area contributed by atoms with Crippen LogP contribution in [0.25, 0.3) is 11.3 Å². The molecule has 20 heavy (non-hydrogen) atoms. The number of rotatable bonds is 4. The first-order valence-corrected chi connectivity index (χ1v) is 7.39. The highest BCUT2D eigenvalue weighted by molar-refractivity contribution is 9.10. The molecule has 0 aliphatic rings. The average molecular weight is 340 g/mol. The van der Waals surface area contributed by atoms with E-state index >= 15 is 0 Å². The third-order valence-corrected chi connectivity index (χ3v) is 3.36. The molecule has 0 saturated heterocycles. The lowest BCUT2D eigenvalue weighted by molar-refractivity contribution is 0.427. The van der Waals surface area contributed by atoms with Crippen molar-refractivity contribution in [2.45, 2.75) is 32.7 Å². The third kappa shape index (κ3) is 4.15. The average Bonchev–Trinajstić information content (AvgIpc) is 2.75. The van der Waals surface area contributed by atoms with Gasteiger partial charge in [-0.25, -0.2) is 9.37 Å². The summed E-state index contributed by atoms with van der Waals surface area (Å²) in [6.45, 7) is 7.20. The summed E-state index contributed by atoms with van der Waals surface area (Å²) in [6, 6.07) is 5.02. The van der Waals surface area contributed by atoms with Gasteiger partial charge >= 0.3 is 0 Å². The molecule has 2 N–H and O–H groups in total. The van der Waals surface area contributed by atoms with Crippen LogP contribution in [0.4, 0.5) is 4.39 Å². The van der Waals surface area contributed by atoms with E-state index in [1.807, 2.05) is 6.07 Å². The van der Waals surface area contributed by atoms with Gasteiger partial charge in [-0.05, 0) is 39.0 Å². The monoisotopic (exact) mass is 339 g/mol. The Hall–Kier alpha value is -1.20. The van der Waals surface area contributed by atoms with Crippen LogP contribution in [-0.2, 0) is 6.42 Å². The molecular weight excluding hydrogens is 321 g/mol. The predicted molar refractivity (Wildman–Crippen MR) is 83.1 cm³/mol. The number of H-pyrrole nitrogens is 1. The second kappa shape index (κ2) is 6.06. The fraction of sp³-hybridized carbons (Fsp3) is 0.400. The molecule has 108 valence electrons. The highest BCUT2D eigenvalue weighted by atomic mass is 79.9. The van der Waals surface area contributed by atoms with Crippen molar-refractivity contribution in [1.82, 2.24) is 15.3 Å². The predicted octanol–water partition coefficient (Wildman–Crippen LogP) is 3.91. The van der Waals surface area contributed by atoms with Gasteiger partial charge in [-0.15, -0.1) is 0 Å². The molecule has 0 saturated carbocycles. The summed E-state index contributed by atoms with van der Waals surface area (Å²) in [5.74, 6) is 0.599. The van der Waals surface area contributed by atoms with Crippen molar-refractivity contribution in [2.24, 2.45) is 0 Å². The number of aromatic amines is 1. The van der Waals surface area contributed by atoms with Gasteiger partial charge in [-0.2, -0.15) is 0 Å². The Morgan fingerprint density at radius 3 is 2.75 bits per heavy atom. The van der Waals surface area contributed by atoms with Crippen molar-refractivity contribution in [3.05, 3.63) is 40.5 Å². The second-order valence-electron chi connectivity index (χ2n) is 5.79. The highest BCUT2D eigenvalue weighted by Gasteiger charge is 2.11. The number of aromatic nitrogens is 2. The molecule has 0 unspecified atom stereocenters. The van der Waals surface area contributed by atoms with Crippen molar-refractivity contribution in [3.63, 3.8) is 0 Å². The maximum atomic E-state index is 13.9. The molecule has 0 bridgehead atoms. The Labute approximate surface area is 127 Å². The Morgan fingerprint density at radius 1 is 1.35 bits per heavy atom. The largest absolute Gasteiger partial charge is 0.342 e. The molecule has 2 aromatic rings. The number of hydrogen-bond donors (Lipinski definition) is 2. The van der Waals surface area contributed by atoms with Gasteiger partial charge in [0.2, 0.25) is 0 Å². The van der Waals surface area contributed by atoms with E-state index in [2.05, 4.69) is 52.0 Å². The molecule has 0 amide bonds. The molecule has 3 nitrogen and oxygen atoms in total. The number of benzene rings is 1. The van der Waals surface area contributed by atoms with Gasteiger partial charge in [0.1, 0.15) is 11.6 Å². The minimum absolute atomic E-state index is 0.0905. The van der Waals surface area contributed by atoms with E-state index < -0.39 is 0 Å². The van der Waals surface area contributed by atoms with Crippen LogP contribution >= 0.6 is 15.9 Å². The molecule has 1 aromatic heterocycles. The number of nitrogens with zero attached hydrogens (tertiary/aromatic N) is 1. The zero-order valence-corrected chi connectivity index (χ0v) is 13.5. The number of nitrogens with one attached hydrogen (secondary N) is 2. The van der Waals surface area contributed by atoms with Gasteiger partial charge in [0, 0.05) is 28.5 Å². The van der Waals surface area contributed by atoms with E-state index in [-0.39, 0.29) is 11.4 Å². The molecule has 0 atom stereocenters. The molecule has 0 aliphatic carbocycles. The van der Waals surface area contributed by atoms with Crippen LogP contribution in [0.3, 0.4) is 0 Å². The standard InChI is InChI=1S/C15H19BrFN3/c1-15(2,3)19-7-6-14-18-9-13(20-14)11-5-4-10(16)8-12(11)17/h4-5,8-9,19H,6-7H2,1-3H3,(H,18,20). The van der Waals surface area contributed by atoms with E-state index in [1.165, 1.54) is 6.07 Å². The van der Waals surface area contributed by atoms with Crippen molar-refractivity contribution in [1.29, 1.82) is 0 Å². The quantitative estimate of drug-likeness (QED) is 0.886. The van der Waals surface area contributed by atoms with E-state index in [0.29, 0.717) is 11.3 Å². The lowest BCUT2D eigenvalue weighted by Gasteiger charge is -2.19. The zero-order valence-electron chi connectivity index (χ0n) is 11.9.